The van der Waals surface area contributed by atoms with Crippen molar-refractivity contribution in [2.24, 2.45) is 0 Å². The lowest BCUT2D eigenvalue weighted by Gasteiger charge is -1.70. The third-order valence-electron chi connectivity index (χ3n) is 0.681. The summed E-state index contributed by atoms with van der Waals surface area (Å²) in [6.45, 7) is 1.08. The minimum absolute atomic E-state index is 0.306. The number of aromatic nitrogens is 1. The summed E-state index contributed by atoms with van der Waals surface area (Å²) in [5.74, 6) is -2.12. The van der Waals surface area contributed by atoms with Gasteiger partial charge in [-0.25, -0.2) is 0 Å². The molecule has 0 aliphatic heterocycles. The van der Waals surface area contributed by atoms with Gasteiger partial charge in [0.25, 0.3) is 5.97 Å². The van der Waals surface area contributed by atoms with Gasteiger partial charge in [0.05, 0.1) is 0 Å². The number of rotatable bonds is 1. The molecule has 2 N–H and O–H groups in total. The molecule has 1 aromatic heterocycles. The lowest BCUT2D eigenvalue weighted by Crippen LogP contribution is -1.92. The molecule has 1 aromatic rings. The van der Waals surface area contributed by atoms with Crippen LogP contribution in [0.25, 0.3) is 0 Å². The van der Waals surface area contributed by atoms with Gasteiger partial charge in [-0.1, -0.05) is 6.07 Å². The van der Waals surface area contributed by atoms with Gasteiger partial charge in [0.2, 0.25) is 0 Å². The summed E-state index contributed by atoms with van der Waals surface area (Å²) in [5, 5.41) is 15.0. The Morgan fingerprint density at radius 2 is 1.53 bits per heavy atom. The molecule has 0 aliphatic carbocycles. The van der Waals surface area contributed by atoms with Crippen molar-refractivity contribution in [1.29, 1.82) is 0 Å². The number of carboxylic acids is 2. The fourth-order valence-corrected chi connectivity index (χ4v) is 0.313. The summed E-state index contributed by atoms with van der Waals surface area (Å²) in [7, 11) is 0. The number of carboxylic acid groups (broad SMARTS) is 2. The van der Waals surface area contributed by atoms with Crippen LogP contribution in [0.1, 0.15) is 6.92 Å². The minimum Gasteiger partial charge on any atom is -0.481 e. The van der Waals surface area contributed by atoms with E-state index in [0.717, 1.165) is 6.92 Å². The van der Waals surface area contributed by atoms with Gasteiger partial charge in [-0.05, 0) is 12.1 Å². The summed E-state index contributed by atoms with van der Waals surface area (Å²) < 4.78 is 0. The van der Waals surface area contributed by atoms with Crippen molar-refractivity contribution in [2.45, 2.75) is 6.92 Å². The number of carbonyl (C=O) groups is 2. The van der Waals surface area contributed by atoms with Crippen LogP contribution in [0.4, 0.5) is 0 Å². The monoisotopic (exact) mass is 233 g/mol. The first-order chi connectivity index (χ1) is 7.00. The Labute approximate surface area is 92.3 Å². The van der Waals surface area contributed by atoms with Crippen molar-refractivity contribution < 1.29 is 19.8 Å². The first kappa shape index (κ1) is 15.8. The quantitative estimate of drug-likeness (QED) is 0.718. The van der Waals surface area contributed by atoms with Crippen LogP contribution in [-0.4, -0.2) is 33.0 Å². The number of hydrogen-bond acceptors (Lipinski definition) is 3. The molecule has 0 atom stereocenters. The Kier molecular flexibility index (Phi) is 13.1. The normalized spacial score (nSPS) is 7.33. The molecular weight excluding hydrogens is 222 g/mol. The highest BCUT2D eigenvalue weighted by molar-refractivity contribution is 6.26. The van der Waals surface area contributed by atoms with Gasteiger partial charge in [0, 0.05) is 19.3 Å². The summed E-state index contributed by atoms with van der Waals surface area (Å²) in [6.07, 6.45) is 3.50. The Morgan fingerprint density at radius 3 is 1.60 bits per heavy atom. The maximum atomic E-state index is 9.24. The molecule has 84 valence electrons. The second-order valence-electron chi connectivity index (χ2n) is 2.07. The van der Waals surface area contributed by atoms with Gasteiger partial charge < -0.3 is 10.2 Å². The van der Waals surface area contributed by atoms with Gasteiger partial charge in [-0.15, -0.1) is 11.6 Å². The van der Waals surface area contributed by atoms with E-state index in [1.165, 1.54) is 0 Å². The van der Waals surface area contributed by atoms with Crippen molar-refractivity contribution >= 4 is 23.5 Å². The van der Waals surface area contributed by atoms with E-state index in [1.54, 1.807) is 12.4 Å². The standard InChI is InChI=1S/C5H5N.C2H3ClO2.C2H4O2/c1-2-4-6-5-3-1;3-1-2(4)5;1-2(3)4/h1-5H;1H2,(H,4,5);1H3,(H,3,4). The second kappa shape index (κ2) is 12.4. The van der Waals surface area contributed by atoms with Gasteiger partial charge in [-0.2, -0.15) is 0 Å². The van der Waals surface area contributed by atoms with Gasteiger partial charge in [-0.3, -0.25) is 14.6 Å². The molecule has 0 radical (unpaired) electrons. The lowest BCUT2D eigenvalue weighted by atomic mass is 10.5. The van der Waals surface area contributed by atoms with Crippen LogP contribution >= 0.6 is 11.6 Å². The first-order valence-corrected chi connectivity index (χ1v) is 4.36. The average Bonchev–Trinajstić information content (AvgIpc) is 2.20. The molecule has 0 unspecified atom stereocenters. The zero-order chi connectivity index (χ0) is 12.1. The highest BCUT2D eigenvalue weighted by atomic mass is 35.5. The van der Waals surface area contributed by atoms with Crippen LogP contribution in [0.15, 0.2) is 30.6 Å². The maximum absolute atomic E-state index is 9.24. The van der Waals surface area contributed by atoms with Gasteiger partial charge in [0.15, 0.2) is 0 Å². The van der Waals surface area contributed by atoms with Gasteiger partial charge in [0.1, 0.15) is 5.88 Å². The highest BCUT2D eigenvalue weighted by Gasteiger charge is 1.83. The van der Waals surface area contributed by atoms with E-state index in [-0.39, 0.29) is 5.88 Å². The zero-order valence-electron chi connectivity index (χ0n) is 8.13. The van der Waals surface area contributed by atoms with Gasteiger partial charge >= 0.3 is 5.97 Å². The number of hydrogen-bond donors (Lipinski definition) is 2. The van der Waals surface area contributed by atoms with E-state index < -0.39 is 11.9 Å². The van der Waals surface area contributed by atoms with E-state index in [9.17, 15) is 4.79 Å². The van der Waals surface area contributed by atoms with E-state index in [2.05, 4.69) is 4.98 Å². The predicted molar refractivity (Wildman–Crippen MR) is 55.9 cm³/mol. The topological polar surface area (TPSA) is 87.5 Å². The van der Waals surface area contributed by atoms with Crippen molar-refractivity contribution in [3.05, 3.63) is 30.6 Å². The van der Waals surface area contributed by atoms with Crippen molar-refractivity contribution in [2.75, 3.05) is 5.88 Å². The Morgan fingerprint density at radius 1 is 1.20 bits per heavy atom. The number of halogens is 1. The summed E-state index contributed by atoms with van der Waals surface area (Å²) in [4.78, 5) is 22.0. The van der Waals surface area contributed by atoms with E-state index in [1.807, 2.05) is 18.2 Å². The first-order valence-electron chi connectivity index (χ1n) is 3.83. The maximum Gasteiger partial charge on any atom is 0.318 e. The Hall–Kier alpha value is -1.62. The van der Waals surface area contributed by atoms with E-state index in [0.29, 0.717) is 0 Å². The van der Waals surface area contributed by atoms with Crippen LogP contribution in [0, 0.1) is 0 Å². The fraction of sp³-hybridized carbons (Fsp3) is 0.222. The number of pyridine rings is 1. The third kappa shape index (κ3) is 32.8. The molecule has 1 heterocycles. The zero-order valence-corrected chi connectivity index (χ0v) is 8.89. The second-order valence-corrected chi connectivity index (χ2v) is 2.34. The van der Waals surface area contributed by atoms with E-state index >= 15 is 0 Å². The molecule has 0 aromatic carbocycles. The Bertz CT molecular complexity index is 235. The van der Waals surface area contributed by atoms with Crippen molar-refractivity contribution in [1.82, 2.24) is 4.98 Å². The number of alkyl halides is 1. The van der Waals surface area contributed by atoms with Crippen molar-refractivity contribution in [3.8, 4) is 0 Å². The molecule has 5 nitrogen and oxygen atoms in total. The average molecular weight is 234 g/mol. The molecule has 0 aliphatic rings. The van der Waals surface area contributed by atoms with Crippen LogP contribution in [0.3, 0.4) is 0 Å². The predicted octanol–water partition coefficient (Wildman–Crippen LogP) is 1.48. The van der Waals surface area contributed by atoms with E-state index in [4.69, 9.17) is 26.6 Å². The van der Waals surface area contributed by atoms with Crippen LogP contribution in [0.5, 0.6) is 0 Å². The third-order valence-corrected chi connectivity index (χ3v) is 0.909. The smallest absolute Gasteiger partial charge is 0.318 e. The van der Waals surface area contributed by atoms with Crippen LogP contribution in [0.2, 0.25) is 0 Å². The minimum atomic E-state index is -0.980. The van der Waals surface area contributed by atoms with Crippen LogP contribution in [-0.2, 0) is 9.59 Å². The summed E-state index contributed by atoms with van der Waals surface area (Å²) in [5.41, 5.74) is 0. The summed E-state index contributed by atoms with van der Waals surface area (Å²) >= 11 is 4.74. The molecule has 0 spiro atoms. The summed E-state index contributed by atoms with van der Waals surface area (Å²) in [6, 6.07) is 5.72. The molecular formula is C9H12ClNO4. The lowest BCUT2D eigenvalue weighted by molar-refractivity contribution is -0.135. The molecule has 1 rings (SSSR count). The number of aliphatic carboxylic acids is 2. The highest BCUT2D eigenvalue weighted by Crippen LogP contribution is 1.73. The molecule has 6 heteroatoms. The molecule has 0 amide bonds. The number of nitrogens with zero attached hydrogens (tertiary/aromatic N) is 1. The van der Waals surface area contributed by atoms with Crippen molar-refractivity contribution in [3.63, 3.8) is 0 Å². The molecule has 0 fully saturated rings. The van der Waals surface area contributed by atoms with Crippen LogP contribution < -0.4 is 0 Å². The Balaban J connectivity index is 0. The largest absolute Gasteiger partial charge is 0.481 e. The fourth-order valence-electron chi connectivity index (χ4n) is 0.313. The SMILES string of the molecule is CC(=O)O.O=C(O)CCl.c1ccncc1. The molecule has 0 saturated carbocycles. The molecule has 15 heavy (non-hydrogen) atoms. The molecule has 0 bridgehead atoms. The molecule has 0 saturated heterocycles.